The summed E-state index contributed by atoms with van der Waals surface area (Å²) in [5, 5.41) is 2.59. The Morgan fingerprint density at radius 3 is 2.54 bits per heavy atom. The van der Waals surface area contributed by atoms with E-state index in [4.69, 9.17) is 4.74 Å². The third-order valence-corrected chi connectivity index (χ3v) is 4.25. The Labute approximate surface area is 160 Å². The van der Waals surface area contributed by atoms with E-state index >= 15 is 0 Å². The van der Waals surface area contributed by atoms with Crippen molar-refractivity contribution in [2.24, 2.45) is 0 Å². The molecule has 0 aliphatic carbocycles. The van der Waals surface area contributed by atoms with Gasteiger partial charge in [-0.25, -0.2) is 22.9 Å². The highest BCUT2D eigenvalue weighted by Gasteiger charge is 2.23. The van der Waals surface area contributed by atoms with E-state index in [1.165, 1.54) is 0 Å². The zero-order valence-electron chi connectivity index (χ0n) is 15.5. The Balaban J connectivity index is 1.74. The predicted molar refractivity (Wildman–Crippen MR) is 97.2 cm³/mol. The molecule has 1 saturated heterocycles. The first-order valence-electron chi connectivity index (χ1n) is 8.82. The lowest BCUT2D eigenvalue weighted by Crippen LogP contribution is -2.49. The molecular formula is C18H20F3N5O2. The third kappa shape index (κ3) is 4.26. The fraction of sp³-hybridized carbons (Fsp3) is 0.389. The van der Waals surface area contributed by atoms with Crippen molar-refractivity contribution in [1.82, 2.24) is 14.9 Å². The van der Waals surface area contributed by atoms with Gasteiger partial charge in [0.2, 0.25) is 5.95 Å². The highest BCUT2D eigenvalue weighted by atomic mass is 19.2. The Morgan fingerprint density at radius 1 is 1.14 bits per heavy atom. The molecule has 0 saturated carbocycles. The van der Waals surface area contributed by atoms with Crippen LogP contribution in [0.2, 0.25) is 0 Å². The number of halogens is 3. The molecule has 1 aromatic heterocycles. The van der Waals surface area contributed by atoms with E-state index < -0.39 is 17.5 Å². The molecule has 2 aromatic rings. The van der Waals surface area contributed by atoms with Crippen LogP contribution in [0.25, 0.3) is 0 Å². The largest absolute Gasteiger partial charge is 0.450 e. The summed E-state index contributed by atoms with van der Waals surface area (Å²) in [6.45, 7) is 5.84. The fourth-order valence-corrected chi connectivity index (χ4v) is 2.85. The number of aryl methyl sites for hydroxylation is 1. The van der Waals surface area contributed by atoms with E-state index in [1.807, 2.05) is 4.90 Å². The van der Waals surface area contributed by atoms with Crippen molar-refractivity contribution in [3.8, 4) is 0 Å². The number of carbonyl (C=O) groups is 1. The van der Waals surface area contributed by atoms with Crippen LogP contribution in [-0.4, -0.2) is 53.7 Å². The van der Waals surface area contributed by atoms with Gasteiger partial charge in [0.25, 0.3) is 0 Å². The zero-order valence-corrected chi connectivity index (χ0v) is 15.5. The van der Waals surface area contributed by atoms with E-state index in [-0.39, 0.29) is 17.7 Å². The highest BCUT2D eigenvalue weighted by molar-refractivity contribution is 5.68. The van der Waals surface area contributed by atoms with E-state index in [2.05, 4.69) is 15.3 Å². The van der Waals surface area contributed by atoms with Crippen LogP contribution < -0.4 is 10.2 Å². The number of rotatable bonds is 4. The molecule has 2 heterocycles. The molecule has 1 amide bonds. The average Bonchev–Trinajstić information content (AvgIpc) is 2.68. The Morgan fingerprint density at radius 2 is 1.86 bits per heavy atom. The van der Waals surface area contributed by atoms with Crippen LogP contribution in [0.3, 0.4) is 0 Å². The van der Waals surface area contributed by atoms with E-state index in [0.717, 1.165) is 12.1 Å². The summed E-state index contributed by atoms with van der Waals surface area (Å²) in [6.07, 6.45) is -0.350. The van der Waals surface area contributed by atoms with Gasteiger partial charge in [-0.15, -0.1) is 0 Å². The molecule has 10 heteroatoms. The summed E-state index contributed by atoms with van der Waals surface area (Å²) < 4.78 is 45.4. The number of hydrogen-bond acceptors (Lipinski definition) is 6. The maximum Gasteiger partial charge on any atom is 0.409 e. The molecular weight excluding hydrogens is 375 g/mol. The van der Waals surface area contributed by atoms with Crippen LogP contribution >= 0.6 is 0 Å². The zero-order chi connectivity index (χ0) is 20.3. The van der Waals surface area contributed by atoms with Gasteiger partial charge in [0.05, 0.1) is 12.3 Å². The minimum absolute atomic E-state index is 0.0627. The lowest BCUT2D eigenvalue weighted by molar-refractivity contribution is 0.105. The maximum atomic E-state index is 13.9. The number of aromatic nitrogens is 2. The van der Waals surface area contributed by atoms with Gasteiger partial charge < -0.3 is 19.9 Å². The van der Waals surface area contributed by atoms with Crippen molar-refractivity contribution < 1.29 is 22.7 Å². The summed E-state index contributed by atoms with van der Waals surface area (Å²) in [6, 6.07) is 3.66. The first-order chi connectivity index (χ1) is 13.4. The molecule has 7 nitrogen and oxygen atoms in total. The fourth-order valence-electron chi connectivity index (χ4n) is 2.85. The maximum absolute atomic E-state index is 13.9. The number of ether oxygens (including phenoxy) is 1. The quantitative estimate of drug-likeness (QED) is 0.802. The number of amides is 1. The predicted octanol–water partition coefficient (Wildman–Crippen LogP) is 3.22. The molecule has 0 radical (unpaired) electrons. The van der Waals surface area contributed by atoms with Gasteiger partial charge in [0.15, 0.2) is 17.5 Å². The summed E-state index contributed by atoms with van der Waals surface area (Å²) >= 11 is 0. The number of piperazine rings is 1. The lowest BCUT2D eigenvalue weighted by Gasteiger charge is -2.34. The van der Waals surface area contributed by atoms with Gasteiger partial charge in [-0.3, -0.25) is 0 Å². The van der Waals surface area contributed by atoms with Crippen LogP contribution in [0.1, 0.15) is 12.6 Å². The number of nitrogens with zero attached hydrogens (tertiary/aromatic N) is 4. The first-order valence-corrected chi connectivity index (χ1v) is 8.82. The Bertz CT molecular complexity index is 873. The second-order valence-corrected chi connectivity index (χ2v) is 6.21. The Hall–Kier alpha value is -3.04. The molecule has 0 unspecified atom stereocenters. The number of carbonyl (C=O) groups excluding carboxylic acids is 1. The molecule has 0 atom stereocenters. The molecule has 0 bridgehead atoms. The van der Waals surface area contributed by atoms with Crippen LogP contribution in [0.15, 0.2) is 18.2 Å². The lowest BCUT2D eigenvalue weighted by atomic mass is 10.3. The van der Waals surface area contributed by atoms with Crippen LogP contribution in [0.4, 0.5) is 35.4 Å². The smallest absolute Gasteiger partial charge is 0.409 e. The molecule has 28 heavy (non-hydrogen) atoms. The number of anilines is 3. The molecule has 150 valence electrons. The van der Waals surface area contributed by atoms with Gasteiger partial charge in [-0.1, -0.05) is 0 Å². The standard InChI is InChI=1S/C18H20F3N5O2/c1-3-28-18(27)26-8-6-25(7-9-26)14-10-11(2)22-17(24-14)23-13-5-4-12(19)15(20)16(13)21/h4-5,10H,3,6-9H2,1-2H3,(H,22,23,24). The minimum Gasteiger partial charge on any atom is -0.450 e. The van der Waals surface area contributed by atoms with E-state index in [0.29, 0.717) is 44.3 Å². The van der Waals surface area contributed by atoms with Gasteiger partial charge in [-0.2, -0.15) is 4.98 Å². The third-order valence-electron chi connectivity index (χ3n) is 4.25. The van der Waals surface area contributed by atoms with Crippen molar-refractivity contribution >= 4 is 23.5 Å². The molecule has 1 aliphatic rings. The first kappa shape index (κ1) is 19.7. The Kier molecular flexibility index (Phi) is 5.86. The monoisotopic (exact) mass is 395 g/mol. The number of hydrogen-bond donors (Lipinski definition) is 1. The van der Waals surface area contributed by atoms with Crippen LogP contribution in [0, 0.1) is 24.4 Å². The topological polar surface area (TPSA) is 70.6 Å². The highest BCUT2D eigenvalue weighted by Crippen LogP contribution is 2.24. The molecule has 1 fully saturated rings. The van der Waals surface area contributed by atoms with Crippen LogP contribution in [0.5, 0.6) is 0 Å². The van der Waals surface area contributed by atoms with Crippen molar-refractivity contribution in [3.05, 3.63) is 41.3 Å². The van der Waals surface area contributed by atoms with Gasteiger partial charge in [0, 0.05) is 37.9 Å². The second kappa shape index (κ2) is 8.32. The molecule has 1 N–H and O–H groups in total. The van der Waals surface area contributed by atoms with E-state index in [9.17, 15) is 18.0 Å². The average molecular weight is 395 g/mol. The SMILES string of the molecule is CCOC(=O)N1CCN(c2cc(C)nc(Nc3ccc(F)c(F)c3F)n2)CC1. The summed E-state index contributed by atoms with van der Waals surface area (Å²) in [5.41, 5.74) is 0.353. The molecule has 1 aromatic carbocycles. The molecule has 0 spiro atoms. The van der Waals surface area contributed by atoms with Crippen molar-refractivity contribution in [2.75, 3.05) is 43.0 Å². The van der Waals surface area contributed by atoms with Gasteiger partial charge in [0.1, 0.15) is 5.82 Å². The molecule has 1 aliphatic heterocycles. The summed E-state index contributed by atoms with van der Waals surface area (Å²) in [4.78, 5) is 23.9. The molecule has 3 rings (SSSR count). The van der Waals surface area contributed by atoms with Crippen molar-refractivity contribution in [1.29, 1.82) is 0 Å². The minimum atomic E-state index is -1.56. The number of benzene rings is 1. The van der Waals surface area contributed by atoms with Gasteiger partial charge in [-0.05, 0) is 26.0 Å². The number of nitrogens with one attached hydrogen (secondary N) is 1. The van der Waals surface area contributed by atoms with Crippen molar-refractivity contribution in [2.45, 2.75) is 13.8 Å². The second-order valence-electron chi connectivity index (χ2n) is 6.21. The summed E-state index contributed by atoms with van der Waals surface area (Å²) in [7, 11) is 0. The van der Waals surface area contributed by atoms with Crippen molar-refractivity contribution in [3.63, 3.8) is 0 Å². The van der Waals surface area contributed by atoms with Crippen LogP contribution in [-0.2, 0) is 4.74 Å². The normalized spacial score (nSPS) is 14.2. The van der Waals surface area contributed by atoms with Gasteiger partial charge >= 0.3 is 6.09 Å². The summed E-state index contributed by atoms with van der Waals surface area (Å²) in [5.74, 6) is -3.52. The van der Waals surface area contributed by atoms with E-state index in [1.54, 1.807) is 24.8 Å².